The topological polar surface area (TPSA) is 97.0 Å². The van der Waals surface area contributed by atoms with Crippen molar-refractivity contribution in [1.29, 1.82) is 0 Å². The van der Waals surface area contributed by atoms with E-state index in [1.54, 1.807) is 18.2 Å². The van der Waals surface area contributed by atoms with Crippen LogP contribution in [0.3, 0.4) is 0 Å². The van der Waals surface area contributed by atoms with Crippen molar-refractivity contribution in [3.63, 3.8) is 0 Å². The number of amides is 3. The first-order chi connectivity index (χ1) is 14.4. The highest BCUT2D eigenvalue weighted by Gasteiger charge is 2.36. The average Bonchev–Trinajstić information content (AvgIpc) is 3.11. The predicted molar refractivity (Wildman–Crippen MR) is 111 cm³/mol. The van der Waals surface area contributed by atoms with E-state index in [4.69, 9.17) is 9.47 Å². The Hall–Kier alpha value is -3.55. The van der Waals surface area contributed by atoms with E-state index < -0.39 is 17.7 Å². The first kappa shape index (κ1) is 21.2. The van der Waals surface area contributed by atoms with Crippen LogP contribution in [-0.4, -0.2) is 38.0 Å². The van der Waals surface area contributed by atoms with Gasteiger partial charge in [0.15, 0.2) is 6.61 Å². The van der Waals surface area contributed by atoms with Crippen molar-refractivity contribution in [1.82, 2.24) is 10.9 Å². The van der Waals surface area contributed by atoms with Crippen LogP contribution < -0.4 is 25.2 Å². The molecule has 158 valence electrons. The predicted octanol–water partition coefficient (Wildman–Crippen LogP) is 1.89. The molecule has 1 unspecified atom stereocenters. The van der Waals surface area contributed by atoms with Gasteiger partial charge in [0, 0.05) is 13.0 Å². The van der Waals surface area contributed by atoms with E-state index >= 15 is 0 Å². The Bertz CT molecular complexity index is 939. The zero-order chi connectivity index (χ0) is 21.7. The SMILES string of the molecule is COc1ccccc1N1CC(C(=O)NNC(=O)COc2cc(C)cc(C)c2)CC1=O. The summed E-state index contributed by atoms with van der Waals surface area (Å²) in [6, 6.07) is 12.8. The minimum Gasteiger partial charge on any atom is -0.495 e. The molecule has 1 saturated heterocycles. The van der Waals surface area contributed by atoms with Crippen LogP contribution in [0.2, 0.25) is 0 Å². The molecule has 2 N–H and O–H groups in total. The number of carbonyl (C=O) groups excluding carboxylic acids is 3. The summed E-state index contributed by atoms with van der Waals surface area (Å²) in [6.45, 7) is 3.86. The third-order valence-electron chi connectivity index (χ3n) is 4.76. The number of hydrogen-bond acceptors (Lipinski definition) is 5. The zero-order valence-corrected chi connectivity index (χ0v) is 17.2. The summed E-state index contributed by atoms with van der Waals surface area (Å²) >= 11 is 0. The van der Waals surface area contributed by atoms with Gasteiger partial charge in [-0.3, -0.25) is 25.2 Å². The Kier molecular flexibility index (Phi) is 6.56. The number of anilines is 1. The van der Waals surface area contributed by atoms with Crippen molar-refractivity contribution < 1.29 is 23.9 Å². The van der Waals surface area contributed by atoms with Crippen LogP contribution >= 0.6 is 0 Å². The molecule has 0 saturated carbocycles. The van der Waals surface area contributed by atoms with Gasteiger partial charge in [0.2, 0.25) is 11.8 Å². The summed E-state index contributed by atoms with van der Waals surface area (Å²) in [6.07, 6.45) is 0.0544. The molecule has 0 aromatic heterocycles. The van der Waals surface area contributed by atoms with Gasteiger partial charge in [-0.1, -0.05) is 18.2 Å². The fourth-order valence-electron chi connectivity index (χ4n) is 3.40. The summed E-state index contributed by atoms with van der Waals surface area (Å²) in [5.74, 6) is -0.535. The standard InChI is InChI=1S/C22H25N3O5/c1-14-8-15(2)10-17(9-14)30-13-20(26)23-24-22(28)16-11-21(27)25(12-16)18-6-4-5-7-19(18)29-3/h4-10,16H,11-13H2,1-3H3,(H,23,26)(H,24,28). The van der Waals surface area contributed by atoms with Crippen molar-refractivity contribution in [3.05, 3.63) is 53.6 Å². The number of carbonyl (C=O) groups is 3. The molecule has 1 aliphatic heterocycles. The number of ether oxygens (including phenoxy) is 2. The Labute approximate surface area is 175 Å². The molecule has 2 aromatic rings. The lowest BCUT2D eigenvalue weighted by atomic mass is 10.1. The van der Waals surface area contributed by atoms with Crippen molar-refractivity contribution >= 4 is 23.4 Å². The number of benzene rings is 2. The molecule has 2 aromatic carbocycles. The van der Waals surface area contributed by atoms with Crippen molar-refractivity contribution in [2.24, 2.45) is 5.92 Å². The van der Waals surface area contributed by atoms with E-state index in [0.29, 0.717) is 17.2 Å². The third-order valence-corrected chi connectivity index (χ3v) is 4.76. The van der Waals surface area contributed by atoms with Crippen molar-refractivity contribution in [3.8, 4) is 11.5 Å². The molecule has 30 heavy (non-hydrogen) atoms. The van der Waals surface area contributed by atoms with E-state index in [2.05, 4.69) is 10.9 Å². The molecule has 8 heteroatoms. The van der Waals surface area contributed by atoms with Gasteiger partial charge in [-0.2, -0.15) is 0 Å². The molecule has 0 bridgehead atoms. The summed E-state index contributed by atoms with van der Waals surface area (Å²) < 4.78 is 10.8. The third kappa shape index (κ3) is 5.08. The van der Waals surface area contributed by atoms with E-state index in [-0.39, 0.29) is 25.5 Å². The lowest BCUT2D eigenvalue weighted by molar-refractivity contribution is -0.132. The minimum atomic E-state index is -0.581. The first-order valence-corrected chi connectivity index (χ1v) is 9.60. The lowest BCUT2D eigenvalue weighted by Crippen LogP contribution is -2.46. The minimum absolute atomic E-state index is 0.0544. The Morgan fingerprint density at radius 1 is 1.10 bits per heavy atom. The lowest BCUT2D eigenvalue weighted by Gasteiger charge is -2.19. The molecule has 1 fully saturated rings. The van der Waals surface area contributed by atoms with Crippen LogP contribution in [0.15, 0.2) is 42.5 Å². The van der Waals surface area contributed by atoms with E-state index in [9.17, 15) is 14.4 Å². The summed E-state index contributed by atoms with van der Waals surface area (Å²) in [5, 5.41) is 0. The van der Waals surface area contributed by atoms with Crippen LogP contribution in [0.1, 0.15) is 17.5 Å². The first-order valence-electron chi connectivity index (χ1n) is 9.60. The Morgan fingerprint density at radius 2 is 1.80 bits per heavy atom. The molecule has 3 amide bonds. The smallest absolute Gasteiger partial charge is 0.276 e. The fraction of sp³-hybridized carbons (Fsp3) is 0.318. The highest BCUT2D eigenvalue weighted by atomic mass is 16.5. The van der Waals surface area contributed by atoms with Crippen LogP contribution in [0.5, 0.6) is 11.5 Å². The van der Waals surface area contributed by atoms with E-state index in [0.717, 1.165) is 11.1 Å². The maximum atomic E-state index is 12.4. The molecule has 1 heterocycles. The highest BCUT2D eigenvalue weighted by molar-refractivity contribution is 6.01. The molecular formula is C22H25N3O5. The Morgan fingerprint density at radius 3 is 2.50 bits per heavy atom. The average molecular weight is 411 g/mol. The van der Waals surface area contributed by atoms with Gasteiger partial charge in [-0.25, -0.2) is 0 Å². The second kappa shape index (κ2) is 9.30. The molecule has 1 aliphatic rings. The van der Waals surface area contributed by atoms with Crippen LogP contribution in [-0.2, 0) is 14.4 Å². The van der Waals surface area contributed by atoms with Crippen LogP contribution in [0, 0.1) is 19.8 Å². The van der Waals surface area contributed by atoms with Gasteiger partial charge in [0.1, 0.15) is 11.5 Å². The Balaban J connectivity index is 1.50. The molecule has 8 nitrogen and oxygen atoms in total. The number of hydrazine groups is 1. The number of nitrogens with one attached hydrogen (secondary N) is 2. The van der Waals surface area contributed by atoms with Gasteiger partial charge >= 0.3 is 0 Å². The van der Waals surface area contributed by atoms with E-state index in [1.165, 1.54) is 12.0 Å². The summed E-state index contributed by atoms with van der Waals surface area (Å²) in [7, 11) is 1.53. The quantitative estimate of drug-likeness (QED) is 0.708. The normalized spacial score (nSPS) is 15.6. The molecule has 1 atom stereocenters. The van der Waals surface area contributed by atoms with Gasteiger partial charge in [0.25, 0.3) is 5.91 Å². The molecule has 0 aliphatic carbocycles. The number of para-hydroxylation sites is 2. The monoisotopic (exact) mass is 411 g/mol. The zero-order valence-electron chi connectivity index (χ0n) is 17.2. The van der Waals surface area contributed by atoms with Crippen molar-refractivity contribution in [2.75, 3.05) is 25.2 Å². The van der Waals surface area contributed by atoms with Gasteiger partial charge < -0.3 is 14.4 Å². The second-order valence-electron chi connectivity index (χ2n) is 7.23. The number of nitrogens with zero attached hydrogens (tertiary/aromatic N) is 1. The summed E-state index contributed by atoms with van der Waals surface area (Å²) in [4.78, 5) is 38.3. The number of hydrogen-bond donors (Lipinski definition) is 2. The second-order valence-corrected chi connectivity index (χ2v) is 7.23. The molecule has 0 radical (unpaired) electrons. The fourth-order valence-corrected chi connectivity index (χ4v) is 3.40. The largest absolute Gasteiger partial charge is 0.495 e. The number of aryl methyl sites for hydroxylation is 2. The molecule has 0 spiro atoms. The van der Waals surface area contributed by atoms with E-state index in [1.807, 2.05) is 38.1 Å². The molecular weight excluding hydrogens is 386 g/mol. The molecule has 3 rings (SSSR count). The highest BCUT2D eigenvalue weighted by Crippen LogP contribution is 2.32. The van der Waals surface area contributed by atoms with Crippen LogP contribution in [0.4, 0.5) is 5.69 Å². The van der Waals surface area contributed by atoms with Gasteiger partial charge in [-0.05, 0) is 49.2 Å². The number of methoxy groups -OCH3 is 1. The number of rotatable bonds is 6. The summed E-state index contributed by atoms with van der Waals surface area (Å²) in [5.41, 5.74) is 7.39. The van der Waals surface area contributed by atoms with Gasteiger partial charge in [0.05, 0.1) is 18.7 Å². The van der Waals surface area contributed by atoms with Crippen LogP contribution in [0.25, 0.3) is 0 Å². The maximum absolute atomic E-state index is 12.4. The maximum Gasteiger partial charge on any atom is 0.276 e. The van der Waals surface area contributed by atoms with Gasteiger partial charge in [-0.15, -0.1) is 0 Å². The van der Waals surface area contributed by atoms with Crippen molar-refractivity contribution in [2.45, 2.75) is 20.3 Å².